The quantitative estimate of drug-likeness (QED) is 0.787. The third kappa shape index (κ3) is 3.30. The zero-order valence-electron chi connectivity index (χ0n) is 10.5. The maximum atomic E-state index is 3.61. The minimum Gasteiger partial charge on any atom is -0.380 e. The molecule has 0 aliphatic heterocycles. The number of para-hydroxylation sites is 1. The van der Waals surface area contributed by atoms with Gasteiger partial charge in [-0.15, -0.1) is 11.8 Å². The van der Waals surface area contributed by atoms with Crippen LogP contribution in [0.5, 0.6) is 0 Å². The molecule has 0 spiro atoms. The van der Waals surface area contributed by atoms with E-state index in [4.69, 9.17) is 0 Å². The molecule has 2 rings (SSSR count). The number of aryl methyl sites for hydroxylation is 1. The standard InChI is InChI=1S/C15H16BrNS/c1-11-7-8-12(13(16)9-11)10-17-14-5-3-4-6-15(14)18-2/h3-9,17H,10H2,1-2H3. The highest BCUT2D eigenvalue weighted by atomic mass is 79.9. The molecule has 0 bridgehead atoms. The van der Waals surface area contributed by atoms with E-state index in [1.54, 1.807) is 11.8 Å². The highest BCUT2D eigenvalue weighted by Gasteiger charge is 2.02. The van der Waals surface area contributed by atoms with Crippen LogP contribution in [-0.2, 0) is 6.54 Å². The van der Waals surface area contributed by atoms with Crippen molar-refractivity contribution >= 4 is 33.4 Å². The van der Waals surface area contributed by atoms with Gasteiger partial charge in [-0.3, -0.25) is 0 Å². The number of hydrogen-bond donors (Lipinski definition) is 1. The molecule has 0 radical (unpaired) electrons. The van der Waals surface area contributed by atoms with E-state index in [-0.39, 0.29) is 0 Å². The molecule has 0 unspecified atom stereocenters. The van der Waals surface area contributed by atoms with Gasteiger partial charge in [0.15, 0.2) is 0 Å². The molecule has 94 valence electrons. The Hall–Kier alpha value is -0.930. The SMILES string of the molecule is CSc1ccccc1NCc1ccc(C)cc1Br. The first-order valence-electron chi connectivity index (χ1n) is 5.82. The summed E-state index contributed by atoms with van der Waals surface area (Å²) < 4.78 is 1.16. The van der Waals surface area contributed by atoms with Gasteiger partial charge >= 0.3 is 0 Å². The number of halogens is 1. The first-order valence-corrected chi connectivity index (χ1v) is 7.84. The Morgan fingerprint density at radius 2 is 1.94 bits per heavy atom. The summed E-state index contributed by atoms with van der Waals surface area (Å²) in [4.78, 5) is 1.28. The number of thioether (sulfide) groups is 1. The van der Waals surface area contributed by atoms with Crippen molar-refractivity contribution < 1.29 is 0 Å². The summed E-state index contributed by atoms with van der Waals surface area (Å²) >= 11 is 5.37. The second-order valence-electron chi connectivity index (χ2n) is 4.15. The summed E-state index contributed by atoms with van der Waals surface area (Å²) in [7, 11) is 0. The number of anilines is 1. The molecule has 0 saturated carbocycles. The molecule has 1 N–H and O–H groups in total. The zero-order chi connectivity index (χ0) is 13.0. The van der Waals surface area contributed by atoms with Crippen molar-refractivity contribution in [1.29, 1.82) is 0 Å². The lowest BCUT2D eigenvalue weighted by molar-refractivity contribution is 1.12. The van der Waals surface area contributed by atoms with Crippen LogP contribution < -0.4 is 5.32 Å². The minimum atomic E-state index is 0.832. The van der Waals surface area contributed by atoms with Gasteiger partial charge in [0.05, 0.1) is 0 Å². The molecule has 0 aliphatic rings. The normalized spacial score (nSPS) is 10.4. The molecule has 0 aromatic heterocycles. The van der Waals surface area contributed by atoms with Crippen molar-refractivity contribution in [1.82, 2.24) is 0 Å². The van der Waals surface area contributed by atoms with E-state index in [0.717, 1.165) is 11.0 Å². The lowest BCUT2D eigenvalue weighted by Gasteiger charge is -2.11. The van der Waals surface area contributed by atoms with E-state index >= 15 is 0 Å². The van der Waals surface area contributed by atoms with Crippen LogP contribution in [0.1, 0.15) is 11.1 Å². The Labute approximate surface area is 121 Å². The monoisotopic (exact) mass is 321 g/mol. The fraction of sp³-hybridized carbons (Fsp3) is 0.200. The molecule has 0 heterocycles. The van der Waals surface area contributed by atoms with Crippen molar-refractivity contribution in [3.63, 3.8) is 0 Å². The van der Waals surface area contributed by atoms with Gasteiger partial charge in [0.1, 0.15) is 0 Å². The van der Waals surface area contributed by atoms with E-state index in [1.165, 1.54) is 21.7 Å². The number of benzene rings is 2. The second-order valence-corrected chi connectivity index (χ2v) is 5.85. The van der Waals surface area contributed by atoms with Gasteiger partial charge in [-0.1, -0.05) is 40.2 Å². The second kappa shape index (κ2) is 6.30. The number of hydrogen-bond acceptors (Lipinski definition) is 2. The van der Waals surface area contributed by atoms with Crippen LogP contribution >= 0.6 is 27.7 Å². The number of rotatable bonds is 4. The van der Waals surface area contributed by atoms with Crippen LogP contribution in [-0.4, -0.2) is 6.26 Å². The van der Waals surface area contributed by atoms with Crippen molar-refractivity contribution in [3.05, 3.63) is 58.1 Å². The molecular formula is C15H16BrNS. The maximum absolute atomic E-state index is 3.61. The predicted molar refractivity (Wildman–Crippen MR) is 84.4 cm³/mol. The zero-order valence-corrected chi connectivity index (χ0v) is 12.9. The summed E-state index contributed by atoms with van der Waals surface area (Å²) in [6.45, 7) is 2.93. The first-order chi connectivity index (χ1) is 8.70. The third-order valence-electron chi connectivity index (χ3n) is 2.78. The van der Waals surface area contributed by atoms with E-state index < -0.39 is 0 Å². The van der Waals surface area contributed by atoms with Crippen LogP contribution in [0.4, 0.5) is 5.69 Å². The number of nitrogens with one attached hydrogen (secondary N) is 1. The Morgan fingerprint density at radius 3 is 2.67 bits per heavy atom. The first kappa shape index (κ1) is 13.5. The molecule has 1 nitrogen and oxygen atoms in total. The van der Waals surface area contributed by atoms with Crippen molar-refractivity contribution in [3.8, 4) is 0 Å². The third-order valence-corrected chi connectivity index (χ3v) is 4.32. The van der Waals surface area contributed by atoms with Crippen LogP contribution in [0, 0.1) is 6.92 Å². The van der Waals surface area contributed by atoms with Crippen molar-refractivity contribution in [2.75, 3.05) is 11.6 Å². The van der Waals surface area contributed by atoms with Gasteiger partial charge in [-0.2, -0.15) is 0 Å². The molecule has 18 heavy (non-hydrogen) atoms. The summed E-state index contributed by atoms with van der Waals surface area (Å²) in [5, 5.41) is 3.49. The van der Waals surface area contributed by atoms with Crippen LogP contribution in [0.25, 0.3) is 0 Å². The molecule has 0 aliphatic carbocycles. The largest absolute Gasteiger partial charge is 0.380 e. The van der Waals surface area contributed by atoms with Gasteiger partial charge in [0.25, 0.3) is 0 Å². The Kier molecular flexibility index (Phi) is 4.72. The minimum absolute atomic E-state index is 0.832. The predicted octanol–water partition coefficient (Wildman–Crippen LogP) is 5.09. The van der Waals surface area contributed by atoms with E-state index in [0.29, 0.717) is 0 Å². The Balaban J connectivity index is 2.11. The summed E-state index contributed by atoms with van der Waals surface area (Å²) in [5.41, 5.74) is 3.74. The lowest BCUT2D eigenvalue weighted by Crippen LogP contribution is -2.01. The summed E-state index contributed by atoms with van der Waals surface area (Å²) in [6.07, 6.45) is 2.10. The van der Waals surface area contributed by atoms with Crippen LogP contribution in [0.15, 0.2) is 51.8 Å². The van der Waals surface area contributed by atoms with Crippen molar-refractivity contribution in [2.24, 2.45) is 0 Å². The van der Waals surface area contributed by atoms with Gasteiger partial charge in [-0.05, 0) is 42.5 Å². The molecule has 0 atom stereocenters. The van der Waals surface area contributed by atoms with E-state index in [1.807, 2.05) is 0 Å². The summed E-state index contributed by atoms with van der Waals surface area (Å²) in [6, 6.07) is 14.8. The highest BCUT2D eigenvalue weighted by molar-refractivity contribution is 9.10. The van der Waals surface area contributed by atoms with E-state index in [2.05, 4.69) is 76.9 Å². The summed E-state index contributed by atoms with van der Waals surface area (Å²) in [5.74, 6) is 0. The fourth-order valence-electron chi connectivity index (χ4n) is 1.78. The fourth-order valence-corrected chi connectivity index (χ4v) is 2.99. The van der Waals surface area contributed by atoms with Gasteiger partial charge in [0.2, 0.25) is 0 Å². The average molecular weight is 322 g/mol. The Morgan fingerprint density at radius 1 is 1.17 bits per heavy atom. The lowest BCUT2D eigenvalue weighted by atomic mass is 10.1. The van der Waals surface area contributed by atoms with Crippen LogP contribution in [0.3, 0.4) is 0 Å². The molecule has 3 heteroatoms. The van der Waals surface area contributed by atoms with Gasteiger partial charge in [-0.25, -0.2) is 0 Å². The van der Waals surface area contributed by atoms with Crippen LogP contribution in [0.2, 0.25) is 0 Å². The topological polar surface area (TPSA) is 12.0 Å². The molecule has 0 saturated heterocycles. The van der Waals surface area contributed by atoms with Gasteiger partial charge in [0, 0.05) is 21.6 Å². The molecule has 0 amide bonds. The van der Waals surface area contributed by atoms with Crippen molar-refractivity contribution in [2.45, 2.75) is 18.4 Å². The van der Waals surface area contributed by atoms with E-state index in [9.17, 15) is 0 Å². The molecule has 0 fully saturated rings. The maximum Gasteiger partial charge on any atom is 0.0480 e. The molecule has 2 aromatic rings. The highest BCUT2D eigenvalue weighted by Crippen LogP contribution is 2.26. The Bertz CT molecular complexity index is 540. The molecular weight excluding hydrogens is 306 g/mol. The molecule has 2 aromatic carbocycles. The average Bonchev–Trinajstić information content (AvgIpc) is 2.38. The van der Waals surface area contributed by atoms with Gasteiger partial charge < -0.3 is 5.32 Å². The smallest absolute Gasteiger partial charge is 0.0480 e.